The van der Waals surface area contributed by atoms with Crippen molar-refractivity contribution in [2.75, 3.05) is 7.11 Å². The van der Waals surface area contributed by atoms with Crippen molar-refractivity contribution >= 4 is 0 Å². The minimum atomic E-state index is -0.306. The van der Waals surface area contributed by atoms with E-state index in [9.17, 15) is 0 Å². The van der Waals surface area contributed by atoms with Gasteiger partial charge in [0, 0.05) is 26.6 Å². The maximum absolute atomic E-state index is 6.24. The molecule has 0 aliphatic carbocycles. The smallest absolute Gasteiger partial charge is 0.128 e. The lowest BCUT2D eigenvalue weighted by molar-refractivity contribution is -0.0411. The molecule has 0 fully saturated rings. The molecule has 15 heavy (non-hydrogen) atoms. The average Bonchev–Trinajstić information content (AvgIpc) is 2.67. The largest absolute Gasteiger partial charge is 0.376 e. The van der Waals surface area contributed by atoms with Crippen LogP contribution in [0, 0.1) is 0 Å². The number of rotatable bonds is 5. The standard InChI is InChI=1S/C11H21N3O/c1-5-11(6-2,15-4)9(12)10-13-7-8-14(10)3/h7-9H,5-6,12H2,1-4H3. The van der Waals surface area contributed by atoms with Crippen LogP contribution in [0.2, 0.25) is 0 Å². The number of nitrogens with two attached hydrogens (primary N) is 1. The average molecular weight is 211 g/mol. The third kappa shape index (κ3) is 2.06. The highest BCUT2D eigenvalue weighted by molar-refractivity contribution is 5.06. The molecule has 0 saturated carbocycles. The van der Waals surface area contributed by atoms with Gasteiger partial charge in [-0.2, -0.15) is 0 Å². The molecular weight excluding hydrogens is 190 g/mol. The number of hydrogen-bond acceptors (Lipinski definition) is 3. The van der Waals surface area contributed by atoms with Gasteiger partial charge in [0.05, 0.1) is 11.6 Å². The van der Waals surface area contributed by atoms with Crippen LogP contribution in [-0.4, -0.2) is 22.3 Å². The molecule has 0 bridgehead atoms. The van der Waals surface area contributed by atoms with Gasteiger partial charge in [0.15, 0.2) is 0 Å². The van der Waals surface area contributed by atoms with Crippen LogP contribution in [0.1, 0.15) is 38.6 Å². The Morgan fingerprint density at radius 2 is 2.13 bits per heavy atom. The molecule has 0 aliphatic rings. The van der Waals surface area contributed by atoms with Crippen molar-refractivity contribution in [1.29, 1.82) is 0 Å². The van der Waals surface area contributed by atoms with Crippen LogP contribution in [0.3, 0.4) is 0 Å². The lowest BCUT2D eigenvalue weighted by atomic mass is 9.88. The van der Waals surface area contributed by atoms with E-state index in [1.54, 1.807) is 13.3 Å². The number of aryl methyl sites for hydroxylation is 1. The molecule has 1 aromatic heterocycles. The van der Waals surface area contributed by atoms with Gasteiger partial charge in [0.2, 0.25) is 0 Å². The fraction of sp³-hybridized carbons (Fsp3) is 0.727. The van der Waals surface area contributed by atoms with Crippen LogP contribution >= 0.6 is 0 Å². The first-order valence-electron chi connectivity index (χ1n) is 5.39. The fourth-order valence-electron chi connectivity index (χ4n) is 2.02. The first kappa shape index (κ1) is 12.2. The summed E-state index contributed by atoms with van der Waals surface area (Å²) in [5, 5.41) is 0. The van der Waals surface area contributed by atoms with Gasteiger partial charge in [-0.25, -0.2) is 4.98 Å². The Labute approximate surface area is 91.4 Å². The number of imidazole rings is 1. The van der Waals surface area contributed by atoms with Crippen molar-refractivity contribution in [2.24, 2.45) is 12.8 Å². The summed E-state index contributed by atoms with van der Waals surface area (Å²) in [4.78, 5) is 4.28. The maximum Gasteiger partial charge on any atom is 0.128 e. The molecule has 2 N–H and O–H groups in total. The number of ether oxygens (including phenoxy) is 1. The predicted octanol–water partition coefficient (Wildman–Crippen LogP) is 1.63. The van der Waals surface area contributed by atoms with Crippen LogP contribution < -0.4 is 5.73 Å². The zero-order valence-electron chi connectivity index (χ0n) is 10.0. The van der Waals surface area contributed by atoms with E-state index in [0.29, 0.717) is 0 Å². The Bertz CT molecular complexity index is 296. The summed E-state index contributed by atoms with van der Waals surface area (Å²) >= 11 is 0. The lowest BCUT2D eigenvalue weighted by Crippen LogP contribution is -2.43. The van der Waals surface area contributed by atoms with E-state index in [1.165, 1.54) is 0 Å². The molecular formula is C11H21N3O. The Hall–Kier alpha value is -0.870. The van der Waals surface area contributed by atoms with Gasteiger partial charge in [-0.1, -0.05) is 13.8 Å². The third-order valence-corrected chi connectivity index (χ3v) is 3.31. The SMILES string of the molecule is CCC(CC)(OC)C(N)c1nccn1C. The molecule has 1 atom stereocenters. The second-order valence-electron chi connectivity index (χ2n) is 3.85. The van der Waals surface area contributed by atoms with E-state index in [2.05, 4.69) is 18.8 Å². The molecule has 1 aromatic rings. The van der Waals surface area contributed by atoms with Crippen molar-refractivity contribution in [2.45, 2.75) is 38.3 Å². The van der Waals surface area contributed by atoms with Crippen molar-refractivity contribution in [3.8, 4) is 0 Å². The summed E-state index contributed by atoms with van der Waals surface area (Å²) in [6.45, 7) is 4.19. The quantitative estimate of drug-likeness (QED) is 0.805. The zero-order chi connectivity index (χ0) is 11.5. The second-order valence-corrected chi connectivity index (χ2v) is 3.85. The number of aromatic nitrogens is 2. The van der Waals surface area contributed by atoms with Crippen molar-refractivity contribution in [3.05, 3.63) is 18.2 Å². The van der Waals surface area contributed by atoms with E-state index in [0.717, 1.165) is 18.7 Å². The zero-order valence-corrected chi connectivity index (χ0v) is 10.0. The van der Waals surface area contributed by atoms with Crippen molar-refractivity contribution < 1.29 is 4.74 Å². The third-order valence-electron chi connectivity index (χ3n) is 3.31. The summed E-state index contributed by atoms with van der Waals surface area (Å²) in [5.74, 6) is 0.876. The summed E-state index contributed by atoms with van der Waals surface area (Å²) in [6.07, 6.45) is 5.43. The molecule has 86 valence electrons. The molecule has 0 aromatic carbocycles. The second kappa shape index (κ2) is 4.77. The van der Waals surface area contributed by atoms with Gasteiger partial charge >= 0.3 is 0 Å². The molecule has 0 saturated heterocycles. The maximum atomic E-state index is 6.24. The van der Waals surface area contributed by atoms with E-state index in [-0.39, 0.29) is 11.6 Å². The Morgan fingerprint density at radius 3 is 2.47 bits per heavy atom. The van der Waals surface area contributed by atoms with Crippen LogP contribution in [-0.2, 0) is 11.8 Å². The Kier molecular flexibility index (Phi) is 3.88. The highest BCUT2D eigenvalue weighted by Gasteiger charge is 2.36. The first-order valence-corrected chi connectivity index (χ1v) is 5.39. The Morgan fingerprint density at radius 1 is 1.53 bits per heavy atom. The molecule has 1 heterocycles. The van der Waals surface area contributed by atoms with E-state index < -0.39 is 0 Å². The summed E-state index contributed by atoms with van der Waals surface area (Å²) in [6, 6.07) is -0.183. The van der Waals surface area contributed by atoms with Gasteiger partial charge in [-0.15, -0.1) is 0 Å². The number of hydrogen-bond donors (Lipinski definition) is 1. The molecule has 0 spiro atoms. The molecule has 4 nitrogen and oxygen atoms in total. The molecule has 0 aliphatic heterocycles. The monoisotopic (exact) mass is 211 g/mol. The predicted molar refractivity (Wildman–Crippen MR) is 60.5 cm³/mol. The first-order chi connectivity index (χ1) is 7.11. The summed E-state index contributed by atoms with van der Waals surface area (Å²) < 4.78 is 7.55. The van der Waals surface area contributed by atoms with Gasteiger partial charge in [-0.3, -0.25) is 0 Å². The molecule has 1 unspecified atom stereocenters. The van der Waals surface area contributed by atoms with Gasteiger partial charge in [0.25, 0.3) is 0 Å². The lowest BCUT2D eigenvalue weighted by Gasteiger charge is -2.35. The minimum Gasteiger partial charge on any atom is -0.376 e. The van der Waals surface area contributed by atoms with Crippen molar-refractivity contribution in [1.82, 2.24) is 9.55 Å². The topological polar surface area (TPSA) is 53.1 Å². The normalized spacial score (nSPS) is 14.2. The number of methoxy groups -OCH3 is 1. The van der Waals surface area contributed by atoms with E-state index in [4.69, 9.17) is 10.5 Å². The van der Waals surface area contributed by atoms with Crippen molar-refractivity contribution in [3.63, 3.8) is 0 Å². The molecule has 4 heteroatoms. The Balaban J connectivity index is 3.00. The fourth-order valence-corrected chi connectivity index (χ4v) is 2.02. The molecule has 1 rings (SSSR count). The van der Waals surface area contributed by atoms with Crippen LogP contribution in [0.25, 0.3) is 0 Å². The highest BCUT2D eigenvalue weighted by Crippen LogP contribution is 2.31. The van der Waals surface area contributed by atoms with Crippen LogP contribution in [0.4, 0.5) is 0 Å². The number of nitrogens with zero attached hydrogens (tertiary/aromatic N) is 2. The molecule has 0 amide bonds. The van der Waals surface area contributed by atoms with Gasteiger partial charge in [-0.05, 0) is 12.8 Å². The van der Waals surface area contributed by atoms with Gasteiger partial charge < -0.3 is 15.0 Å². The molecule has 0 radical (unpaired) electrons. The van der Waals surface area contributed by atoms with E-state index >= 15 is 0 Å². The van der Waals surface area contributed by atoms with Crippen LogP contribution in [0.5, 0.6) is 0 Å². The summed E-state index contributed by atoms with van der Waals surface area (Å²) in [7, 11) is 3.67. The van der Waals surface area contributed by atoms with Crippen LogP contribution in [0.15, 0.2) is 12.4 Å². The van der Waals surface area contributed by atoms with E-state index in [1.807, 2.05) is 17.8 Å². The minimum absolute atomic E-state index is 0.183. The van der Waals surface area contributed by atoms with Gasteiger partial charge in [0.1, 0.15) is 5.82 Å². The highest BCUT2D eigenvalue weighted by atomic mass is 16.5. The summed E-state index contributed by atoms with van der Waals surface area (Å²) in [5.41, 5.74) is 5.94.